The Hall–Kier alpha value is -2.92. The van der Waals surface area contributed by atoms with Crippen molar-refractivity contribution in [1.29, 1.82) is 0 Å². The van der Waals surface area contributed by atoms with E-state index in [4.69, 9.17) is 0 Å². The van der Waals surface area contributed by atoms with E-state index < -0.39 is 11.6 Å². The molecule has 1 amide bonds. The lowest BCUT2D eigenvalue weighted by Gasteiger charge is -2.09. The molecule has 3 heterocycles. The van der Waals surface area contributed by atoms with Crippen molar-refractivity contribution < 1.29 is 13.6 Å². The molecule has 0 spiro atoms. The zero-order valence-corrected chi connectivity index (χ0v) is 17.9. The van der Waals surface area contributed by atoms with Gasteiger partial charge in [-0.1, -0.05) is 17.8 Å². The molecule has 0 aliphatic carbocycles. The van der Waals surface area contributed by atoms with Crippen molar-refractivity contribution in [3.8, 4) is 11.3 Å². The topological polar surface area (TPSA) is 85.1 Å². The number of aryl methyl sites for hydroxylation is 2. The number of hydrogen-bond donors (Lipinski definition) is 1. The quantitative estimate of drug-likeness (QED) is 0.466. The van der Waals surface area contributed by atoms with Gasteiger partial charge in [0.05, 0.1) is 17.7 Å². The van der Waals surface area contributed by atoms with E-state index in [0.717, 1.165) is 34.7 Å². The summed E-state index contributed by atoms with van der Waals surface area (Å²) in [5.74, 6) is -1.25. The Balaban J connectivity index is 1.55. The third-order valence-electron chi connectivity index (χ3n) is 4.52. The summed E-state index contributed by atoms with van der Waals surface area (Å²) in [5.41, 5.74) is 2.10. The average molecular weight is 447 g/mol. The summed E-state index contributed by atoms with van der Waals surface area (Å²) >= 11 is 2.51. The number of halogens is 2. The van der Waals surface area contributed by atoms with Gasteiger partial charge in [-0.3, -0.25) is 4.79 Å². The summed E-state index contributed by atoms with van der Waals surface area (Å²) in [6.45, 7) is 3.66. The standard InChI is InChI=1S/C19H16F2N6OS2/c1-9-11(10(2)27-17(22-9)25-19(26-27)29-3)7-15(28)24-18-23-14(8-30-18)16-12(20)5-4-6-13(16)21/h4-6,8H,7H2,1-3H3,(H,23,24,28). The van der Waals surface area contributed by atoms with E-state index in [0.29, 0.717) is 16.6 Å². The lowest BCUT2D eigenvalue weighted by atomic mass is 10.1. The number of carbonyl (C=O) groups is 1. The molecule has 0 aliphatic rings. The molecule has 0 saturated heterocycles. The van der Waals surface area contributed by atoms with E-state index in [1.54, 1.807) is 4.52 Å². The predicted octanol–water partition coefficient (Wildman–Crippen LogP) is 4.05. The Bertz CT molecular complexity index is 1250. The first-order chi connectivity index (χ1) is 14.4. The van der Waals surface area contributed by atoms with Crippen LogP contribution in [0.3, 0.4) is 0 Å². The van der Waals surface area contributed by atoms with Gasteiger partial charge in [-0.05, 0) is 32.2 Å². The highest BCUT2D eigenvalue weighted by molar-refractivity contribution is 7.98. The third-order valence-corrected chi connectivity index (χ3v) is 5.81. The third kappa shape index (κ3) is 3.77. The van der Waals surface area contributed by atoms with Crippen LogP contribution in [0.1, 0.15) is 17.0 Å². The number of fused-ring (bicyclic) bond motifs is 1. The number of aromatic nitrogens is 5. The minimum atomic E-state index is -0.707. The minimum absolute atomic E-state index is 0.0536. The molecule has 0 radical (unpaired) electrons. The van der Waals surface area contributed by atoms with E-state index in [1.165, 1.54) is 23.2 Å². The number of thioether (sulfide) groups is 1. The average Bonchev–Trinajstić information content (AvgIpc) is 3.32. The predicted molar refractivity (Wildman–Crippen MR) is 112 cm³/mol. The van der Waals surface area contributed by atoms with Crippen molar-refractivity contribution in [3.05, 3.63) is 52.2 Å². The summed E-state index contributed by atoms with van der Waals surface area (Å²) in [4.78, 5) is 25.5. The normalized spacial score (nSPS) is 11.2. The molecule has 7 nitrogen and oxygen atoms in total. The summed E-state index contributed by atoms with van der Waals surface area (Å²) in [5, 5.41) is 9.41. The van der Waals surface area contributed by atoms with E-state index in [-0.39, 0.29) is 28.7 Å². The van der Waals surface area contributed by atoms with Crippen molar-refractivity contribution in [1.82, 2.24) is 24.6 Å². The molecule has 0 fully saturated rings. The first-order valence-corrected chi connectivity index (χ1v) is 10.9. The maximum Gasteiger partial charge on any atom is 0.253 e. The molecule has 1 N–H and O–H groups in total. The van der Waals surface area contributed by atoms with Gasteiger partial charge in [0.25, 0.3) is 5.78 Å². The number of rotatable bonds is 5. The van der Waals surface area contributed by atoms with E-state index >= 15 is 0 Å². The van der Waals surface area contributed by atoms with Crippen molar-refractivity contribution in [2.75, 3.05) is 11.6 Å². The SMILES string of the molecule is CSc1nc2nc(C)c(CC(=O)Nc3nc(-c4c(F)cccc4F)cs3)c(C)n2n1. The summed E-state index contributed by atoms with van der Waals surface area (Å²) in [6, 6.07) is 3.62. The number of benzene rings is 1. The van der Waals surface area contributed by atoms with Crippen LogP contribution in [-0.4, -0.2) is 36.7 Å². The lowest BCUT2D eigenvalue weighted by molar-refractivity contribution is -0.115. The van der Waals surface area contributed by atoms with Crippen LogP contribution in [-0.2, 0) is 11.2 Å². The zero-order valence-electron chi connectivity index (χ0n) is 16.2. The van der Waals surface area contributed by atoms with Gasteiger partial charge in [0.2, 0.25) is 11.1 Å². The maximum absolute atomic E-state index is 14.0. The van der Waals surface area contributed by atoms with E-state index in [2.05, 4.69) is 25.4 Å². The molecule has 0 saturated carbocycles. The Morgan fingerprint density at radius 1 is 1.20 bits per heavy atom. The molecule has 3 aromatic heterocycles. The fourth-order valence-electron chi connectivity index (χ4n) is 3.04. The van der Waals surface area contributed by atoms with Crippen LogP contribution in [0.25, 0.3) is 17.0 Å². The van der Waals surface area contributed by atoms with Crippen LogP contribution in [0.5, 0.6) is 0 Å². The Morgan fingerprint density at radius 2 is 1.93 bits per heavy atom. The summed E-state index contributed by atoms with van der Waals surface area (Å²) in [6.07, 6.45) is 1.93. The molecule has 0 atom stereocenters. The molecule has 4 rings (SSSR count). The molecule has 154 valence electrons. The van der Waals surface area contributed by atoms with Crippen molar-refractivity contribution >= 4 is 39.9 Å². The van der Waals surface area contributed by atoms with Gasteiger partial charge in [-0.2, -0.15) is 4.98 Å². The van der Waals surface area contributed by atoms with Gasteiger partial charge < -0.3 is 5.32 Å². The molecule has 0 aliphatic heterocycles. The van der Waals surface area contributed by atoms with Crippen LogP contribution in [0.2, 0.25) is 0 Å². The van der Waals surface area contributed by atoms with Crippen LogP contribution in [0.4, 0.5) is 13.9 Å². The number of hydrogen-bond acceptors (Lipinski definition) is 7. The molecule has 11 heteroatoms. The summed E-state index contributed by atoms with van der Waals surface area (Å²) in [7, 11) is 0. The van der Waals surface area contributed by atoms with Gasteiger partial charge in [0, 0.05) is 22.3 Å². The molecule has 0 unspecified atom stereocenters. The fraction of sp³-hybridized carbons (Fsp3) is 0.211. The monoisotopic (exact) mass is 446 g/mol. The maximum atomic E-state index is 14.0. The number of nitrogens with zero attached hydrogens (tertiary/aromatic N) is 5. The van der Waals surface area contributed by atoms with E-state index in [1.807, 2.05) is 20.1 Å². The summed E-state index contributed by atoms with van der Waals surface area (Å²) < 4.78 is 29.5. The second-order valence-electron chi connectivity index (χ2n) is 6.43. The van der Waals surface area contributed by atoms with Crippen LogP contribution >= 0.6 is 23.1 Å². The molecule has 30 heavy (non-hydrogen) atoms. The smallest absolute Gasteiger partial charge is 0.253 e. The number of nitrogens with one attached hydrogen (secondary N) is 1. The van der Waals surface area contributed by atoms with Gasteiger partial charge in [-0.15, -0.1) is 16.4 Å². The van der Waals surface area contributed by atoms with Crippen molar-refractivity contribution in [2.24, 2.45) is 0 Å². The zero-order chi connectivity index (χ0) is 21.4. The first-order valence-electron chi connectivity index (χ1n) is 8.84. The molecule has 1 aromatic carbocycles. The molecule has 4 aromatic rings. The lowest BCUT2D eigenvalue weighted by Crippen LogP contribution is -2.17. The first kappa shape index (κ1) is 20.4. The van der Waals surface area contributed by atoms with Crippen LogP contribution in [0.15, 0.2) is 28.7 Å². The second kappa shape index (κ2) is 8.07. The number of thiazole rings is 1. The van der Waals surface area contributed by atoms with Crippen molar-refractivity contribution in [2.45, 2.75) is 25.4 Å². The second-order valence-corrected chi connectivity index (χ2v) is 8.06. The highest BCUT2D eigenvalue weighted by Crippen LogP contribution is 2.29. The number of amides is 1. The van der Waals surface area contributed by atoms with Crippen molar-refractivity contribution in [3.63, 3.8) is 0 Å². The molecule has 0 bridgehead atoms. The van der Waals surface area contributed by atoms with Crippen LogP contribution in [0, 0.1) is 25.5 Å². The Morgan fingerprint density at radius 3 is 2.63 bits per heavy atom. The number of anilines is 1. The Labute approximate surface area is 178 Å². The number of carbonyl (C=O) groups excluding carboxylic acids is 1. The van der Waals surface area contributed by atoms with Gasteiger partial charge in [-0.25, -0.2) is 23.3 Å². The molecular formula is C19H16F2N6OS2. The Kier molecular flexibility index (Phi) is 5.48. The largest absolute Gasteiger partial charge is 0.302 e. The highest BCUT2D eigenvalue weighted by Gasteiger charge is 2.18. The van der Waals surface area contributed by atoms with Gasteiger partial charge >= 0.3 is 0 Å². The van der Waals surface area contributed by atoms with Crippen LogP contribution < -0.4 is 5.32 Å². The fourth-order valence-corrected chi connectivity index (χ4v) is 4.10. The van der Waals surface area contributed by atoms with E-state index in [9.17, 15) is 13.6 Å². The molecular weight excluding hydrogens is 430 g/mol. The van der Waals surface area contributed by atoms with Gasteiger partial charge in [0.15, 0.2) is 5.13 Å². The van der Waals surface area contributed by atoms with Gasteiger partial charge in [0.1, 0.15) is 11.6 Å². The highest BCUT2D eigenvalue weighted by atomic mass is 32.2. The minimum Gasteiger partial charge on any atom is -0.302 e.